The topological polar surface area (TPSA) is 0 Å². The lowest BCUT2D eigenvalue weighted by atomic mass is 9.97. The third-order valence-corrected chi connectivity index (χ3v) is 3.90. The van der Waals surface area contributed by atoms with Crippen LogP contribution in [0.5, 0.6) is 0 Å². The molecule has 0 saturated heterocycles. The highest BCUT2D eigenvalue weighted by Crippen LogP contribution is 2.34. The molecule has 0 fully saturated rings. The molecule has 3 rings (SSSR count). The minimum absolute atomic E-state index is 0.261. The van der Waals surface area contributed by atoms with Gasteiger partial charge in [0.25, 0.3) is 0 Å². The van der Waals surface area contributed by atoms with Crippen LogP contribution in [-0.4, -0.2) is 0 Å². The first-order valence-corrected chi connectivity index (χ1v) is 7.15. The molecular formula is C19H14ClF. The van der Waals surface area contributed by atoms with Crippen molar-refractivity contribution in [2.24, 2.45) is 0 Å². The third-order valence-electron chi connectivity index (χ3n) is 3.59. The zero-order chi connectivity index (χ0) is 14.8. The Morgan fingerprint density at radius 2 is 1.43 bits per heavy atom. The molecule has 0 unspecified atom stereocenters. The van der Waals surface area contributed by atoms with Crippen LogP contribution in [0.3, 0.4) is 0 Å². The standard InChI is InChI=1S/C19H14ClF/c1-13-6-2-3-7-15(13)14-10-11-16(18(20)12-14)17-8-4-5-9-19(17)21/h2-12H,1H3. The summed E-state index contributed by atoms with van der Waals surface area (Å²) in [6.45, 7) is 2.06. The zero-order valence-corrected chi connectivity index (χ0v) is 12.4. The lowest BCUT2D eigenvalue weighted by molar-refractivity contribution is 0.631. The van der Waals surface area contributed by atoms with Crippen molar-refractivity contribution in [1.29, 1.82) is 0 Å². The molecule has 0 aromatic heterocycles. The molecule has 104 valence electrons. The van der Waals surface area contributed by atoms with Crippen LogP contribution in [0.1, 0.15) is 5.56 Å². The molecule has 3 aromatic carbocycles. The van der Waals surface area contributed by atoms with Gasteiger partial charge in [0.1, 0.15) is 5.82 Å². The van der Waals surface area contributed by atoms with Gasteiger partial charge in [-0.1, -0.05) is 66.2 Å². The van der Waals surface area contributed by atoms with Crippen molar-refractivity contribution >= 4 is 11.6 Å². The number of aryl methyl sites for hydroxylation is 1. The van der Waals surface area contributed by atoms with Gasteiger partial charge in [-0.2, -0.15) is 0 Å². The second kappa shape index (κ2) is 5.71. The SMILES string of the molecule is Cc1ccccc1-c1ccc(-c2ccccc2F)c(Cl)c1. The van der Waals surface area contributed by atoms with Crippen molar-refractivity contribution in [2.45, 2.75) is 6.92 Å². The summed E-state index contributed by atoms with van der Waals surface area (Å²) in [6, 6.07) is 20.6. The fourth-order valence-corrected chi connectivity index (χ4v) is 2.76. The van der Waals surface area contributed by atoms with Gasteiger partial charge in [0.2, 0.25) is 0 Å². The number of hydrogen-bond donors (Lipinski definition) is 0. The number of benzene rings is 3. The van der Waals surface area contributed by atoms with Crippen LogP contribution >= 0.6 is 11.6 Å². The molecule has 3 aromatic rings. The first kappa shape index (κ1) is 13.8. The maximum atomic E-state index is 13.9. The summed E-state index contributed by atoms with van der Waals surface area (Å²) in [6.07, 6.45) is 0. The Kier molecular flexibility index (Phi) is 3.76. The molecule has 2 heteroatoms. The van der Waals surface area contributed by atoms with Gasteiger partial charge in [0.05, 0.1) is 0 Å². The third kappa shape index (κ3) is 2.70. The molecule has 0 amide bonds. The lowest BCUT2D eigenvalue weighted by Gasteiger charge is -2.10. The fourth-order valence-electron chi connectivity index (χ4n) is 2.48. The van der Waals surface area contributed by atoms with Crippen LogP contribution in [0, 0.1) is 12.7 Å². The van der Waals surface area contributed by atoms with Gasteiger partial charge in [0.15, 0.2) is 0 Å². The maximum Gasteiger partial charge on any atom is 0.131 e. The van der Waals surface area contributed by atoms with E-state index in [2.05, 4.69) is 19.1 Å². The molecule has 0 N–H and O–H groups in total. The Hall–Kier alpha value is -2.12. The van der Waals surface area contributed by atoms with Gasteiger partial charge in [-0.15, -0.1) is 0 Å². The van der Waals surface area contributed by atoms with E-state index in [1.54, 1.807) is 12.1 Å². The number of halogens is 2. The lowest BCUT2D eigenvalue weighted by Crippen LogP contribution is -1.87. The highest BCUT2D eigenvalue weighted by atomic mass is 35.5. The Balaban J connectivity index is 2.09. The second-order valence-corrected chi connectivity index (χ2v) is 5.40. The van der Waals surface area contributed by atoms with E-state index in [0.717, 1.165) is 11.1 Å². The van der Waals surface area contributed by atoms with Crippen molar-refractivity contribution in [3.05, 3.63) is 83.1 Å². The molecule has 0 aliphatic heterocycles. The number of rotatable bonds is 2. The van der Waals surface area contributed by atoms with Crippen LogP contribution in [0.15, 0.2) is 66.7 Å². The van der Waals surface area contributed by atoms with Gasteiger partial charge in [0, 0.05) is 16.1 Å². The Labute approximate surface area is 128 Å². The first-order valence-electron chi connectivity index (χ1n) is 6.77. The molecule has 21 heavy (non-hydrogen) atoms. The van der Waals surface area contributed by atoms with Crippen molar-refractivity contribution < 1.29 is 4.39 Å². The predicted molar refractivity (Wildman–Crippen MR) is 87.0 cm³/mol. The maximum absolute atomic E-state index is 13.9. The summed E-state index contributed by atoms with van der Waals surface area (Å²) in [4.78, 5) is 0. The zero-order valence-electron chi connectivity index (χ0n) is 11.6. The Morgan fingerprint density at radius 1 is 0.762 bits per heavy atom. The van der Waals surface area contributed by atoms with Crippen LogP contribution in [0.4, 0.5) is 4.39 Å². The first-order chi connectivity index (χ1) is 10.2. The van der Waals surface area contributed by atoms with E-state index in [9.17, 15) is 4.39 Å². The van der Waals surface area contributed by atoms with Gasteiger partial charge < -0.3 is 0 Å². The van der Waals surface area contributed by atoms with Crippen LogP contribution in [-0.2, 0) is 0 Å². The molecule has 0 aliphatic carbocycles. The van der Waals surface area contributed by atoms with Gasteiger partial charge in [-0.05, 0) is 35.7 Å². The van der Waals surface area contributed by atoms with E-state index in [-0.39, 0.29) is 5.82 Å². The predicted octanol–water partition coefficient (Wildman–Crippen LogP) is 6.12. The quantitative estimate of drug-likeness (QED) is 0.534. The normalized spacial score (nSPS) is 10.6. The summed E-state index contributed by atoms with van der Waals surface area (Å²) in [7, 11) is 0. The molecule has 0 bridgehead atoms. The van der Waals surface area contributed by atoms with Gasteiger partial charge in [-0.3, -0.25) is 0 Å². The molecule has 0 saturated carbocycles. The summed E-state index contributed by atoms with van der Waals surface area (Å²) in [5, 5.41) is 0.556. The Bertz CT molecular complexity index is 793. The van der Waals surface area contributed by atoms with Gasteiger partial charge in [-0.25, -0.2) is 4.39 Å². The summed E-state index contributed by atoms with van der Waals surface area (Å²) in [5.74, 6) is -0.261. The van der Waals surface area contributed by atoms with E-state index in [0.29, 0.717) is 16.1 Å². The fraction of sp³-hybridized carbons (Fsp3) is 0.0526. The molecule has 0 aliphatic rings. The van der Waals surface area contributed by atoms with Crippen molar-refractivity contribution in [1.82, 2.24) is 0 Å². The summed E-state index contributed by atoms with van der Waals surface area (Å²) >= 11 is 6.37. The van der Waals surface area contributed by atoms with Crippen LogP contribution in [0.25, 0.3) is 22.3 Å². The van der Waals surface area contributed by atoms with E-state index >= 15 is 0 Å². The van der Waals surface area contributed by atoms with E-state index in [1.165, 1.54) is 11.6 Å². The van der Waals surface area contributed by atoms with Crippen molar-refractivity contribution in [3.63, 3.8) is 0 Å². The second-order valence-electron chi connectivity index (χ2n) is 4.99. The van der Waals surface area contributed by atoms with Crippen LogP contribution < -0.4 is 0 Å². The smallest absolute Gasteiger partial charge is 0.131 e. The molecule has 0 nitrogen and oxygen atoms in total. The molecule has 0 atom stereocenters. The Morgan fingerprint density at radius 3 is 2.10 bits per heavy atom. The van der Waals surface area contributed by atoms with Gasteiger partial charge >= 0.3 is 0 Å². The highest BCUT2D eigenvalue weighted by Gasteiger charge is 2.10. The average Bonchev–Trinajstić information content (AvgIpc) is 2.49. The molecular weight excluding hydrogens is 283 g/mol. The monoisotopic (exact) mass is 296 g/mol. The minimum Gasteiger partial charge on any atom is -0.206 e. The molecule has 0 spiro atoms. The van der Waals surface area contributed by atoms with Crippen LogP contribution in [0.2, 0.25) is 5.02 Å². The van der Waals surface area contributed by atoms with E-state index in [4.69, 9.17) is 11.6 Å². The van der Waals surface area contributed by atoms with E-state index < -0.39 is 0 Å². The van der Waals surface area contributed by atoms with Crippen molar-refractivity contribution in [3.8, 4) is 22.3 Å². The average molecular weight is 297 g/mol. The van der Waals surface area contributed by atoms with E-state index in [1.807, 2.05) is 36.4 Å². The summed E-state index contributed by atoms with van der Waals surface area (Å²) in [5.41, 5.74) is 4.61. The number of hydrogen-bond acceptors (Lipinski definition) is 0. The van der Waals surface area contributed by atoms with Crippen molar-refractivity contribution in [2.75, 3.05) is 0 Å². The highest BCUT2D eigenvalue weighted by molar-refractivity contribution is 6.33. The largest absolute Gasteiger partial charge is 0.206 e. The molecule has 0 heterocycles. The summed E-state index contributed by atoms with van der Waals surface area (Å²) < 4.78 is 13.9. The molecule has 0 radical (unpaired) electrons. The minimum atomic E-state index is -0.261.